The highest BCUT2D eigenvalue weighted by Gasteiger charge is 2.21. The van der Waals surface area contributed by atoms with E-state index in [1.165, 1.54) is 6.42 Å². The van der Waals surface area contributed by atoms with Gasteiger partial charge in [-0.3, -0.25) is 0 Å². The number of ether oxygens (including phenoxy) is 2. The van der Waals surface area contributed by atoms with Crippen molar-refractivity contribution < 1.29 is 14.6 Å². The van der Waals surface area contributed by atoms with Crippen LogP contribution < -0.4 is 0 Å². The summed E-state index contributed by atoms with van der Waals surface area (Å²) in [5.74, 6) is 0.445. The summed E-state index contributed by atoms with van der Waals surface area (Å²) in [5, 5.41) is 8.95. The van der Waals surface area contributed by atoms with E-state index in [9.17, 15) is 0 Å². The molecule has 1 saturated carbocycles. The number of methoxy groups -OCH3 is 1. The molecule has 0 aromatic carbocycles. The standard InChI is InChI=1S/C9H18O3/c1-11-7-12-9-4-2-3-8(5-9)6-10/h8-10H,2-7H2,1H3. The third-order valence-corrected chi connectivity index (χ3v) is 2.41. The molecule has 0 heterocycles. The molecule has 3 nitrogen and oxygen atoms in total. The van der Waals surface area contributed by atoms with Gasteiger partial charge in [0.2, 0.25) is 0 Å². The van der Waals surface area contributed by atoms with Crippen molar-refractivity contribution in [2.45, 2.75) is 31.8 Å². The lowest BCUT2D eigenvalue weighted by Gasteiger charge is -2.27. The minimum absolute atomic E-state index is 0.298. The van der Waals surface area contributed by atoms with Crippen LogP contribution in [0.25, 0.3) is 0 Å². The van der Waals surface area contributed by atoms with Crippen LogP contribution in [0, 0.1) is 5.92 Å². The van der Waals surface area contributed by atoms with Crippen molar-refractivity contribution in [3.8, 4) is 0 Å². The maximum Gasteiger partial charge on any atom is 0.146 e. The molecular formula is C9H18O3. The average Bonchev–Trinajstić information content (AvgIpc) is 2.15. The van der Waals surface area contributed by atoms with Crippen LogP contribution in [0.2, 0.25) is 0 Å². The molecule has 0 amide bonds. The van der Waals surface area contributed by atoms with E-state index in [-0.39, 0.29) is 0 Å². The maximum atomic E-state index is 8.95. The van der Waals surface area contributed by atoms with E-state index in [0.717, 1.165) is 19.3 Å². The minimum atomic E-state index is 0.298. The fourth-order valence-electron chi connectivity index (χ4n) is 1.72. The molecule has 3 heteroatoms. The largest absolute Gasteiger partial charge is 0.396 e. The van der Waals surface area contributed by atoms with Crippen LogP contribution in [-0.4, -0.2) is 31.7 Å². The molecule has 72 valence electrons. The molecule has 0 bridgehead atoms. The number of hydrogen-bond donors (Lipinski definition) is 1. The molecule has 1 fully saturated rings. The predicted molar refractivity (Wildman–Crippen MR) is 45.8 cm³/mol. The van der Waals surface area contributed by atoms with E-state index in [1.807, 2.05) is 0 Å². The highest BCUT2D eigenvalue weighted by molar-refractivity contribution is 4.72. The van der Waals surface area contributed by atoms with Gasteiger partial charge in [0.1, 0.15) is 6.79 Å². The Morgan fingerprint density at radius 3 is 2.92 bits per heavy atom. The fraction of sp³-hybridized carbons (Fsp3) is 1.00. The molecule has 2 atom stereocenters. The lowest BCUT2D eigenvalue weighted by atomic mass is 9.88. The van der Waals surface area contributed by atoms with Crippen LogP contribution >= 0.6 is 0 Å². The highest BCUT2D eigenvalue weighted by atomic mass is 16.7. The Bertz CT molecular complexity index is 116. The first kappa shape index (κ1) is 9.96. The van der Waals surface area contributed by atoms with Crippen molar-refractivity contribution in [2.24, 2.45) is 5.92 Å². The second kappa shape index (κ2) is 5.51. The third-order valence-electron chi connectivity index (χ3n) is 2.41. The summed E-state index contributed by atoms with van der Waals surface area (Å²) in [4.78, 5) is 0. The molecule has 0 saturated heterocycles. The van der Waals surface area contributed by atoms with Gasteiger partial charge in [-0.2, -0.15) is 0 Å². The minimum Gasteiger partial charge on any atom is -0.396 e. The van der Waals surface area contributed by atoms with Crippen LogP contribution in [0.4, 0.5) is 0 Å². The first-order valence-electron chi connectivity index (χ1n) is 4.58. The lowest BCUT2D eigenvalue weighted by molar-refractivity contribution is -0.0907. The summed E-state index contributed by atoms with van der Waals surface area (Å²) in [6.45, 7) is 0.676. The van der Waals surface area contributed by atoms with Gasteiger partial charge < -0.3 is 14.6 Å². The molecule has 0 spiro atoms. The van der Waals surface area contributed by atoms with E-state index >= 15 is 0 Å². The Kier molecular flexibility index (Phi) is 4.58. The van der Waals surface area contributed by atoms with Gasteiger partial charge in [-0.25, -0.2) is 0 Å². The lowest BCUT2D eigenvalue weighted by Crippen LogP contribution is -2.25. The number of aliphatic hydroxyl groups excluding tert-OH is 1. The SMILES string of the molecule is COCOC1CCCC(CO)C1. The third kappa shape index (κ3) is 3.09. The zero-order valence-corrected chi connectivity index (χ0v) is 7.66. The predicted octanol–water partition coefficient (Wildman–Crippen LogP) is 1.16. The average molecular weight is 174 g/mol. The first-order chi connectivity index (χ1) is 5.86. The van der Waals surface area contributed by atoms with Crippen LogP contribution in [0.3, 0.4) is 0 Å². The Labute approximate surface area is 73.7 Å². The summed E-state index contributed by atoms with van der Waals surface area (Å²) in [6, 6.07) is 0. The zero-order chi connectivity index (χ0) is 8.81. The zero-order valence-electron chi connectivity index (χ0n) is 7.66. The van der Waals surface area contributed by atoms with Crippen molar-refractivity contribution in [3.63, 3.8) is 0 Å². The van der Waals surface area contributed by atoms with Crippen molar-refractivity contribution in [1.29, 1.82) is 0 Å². The molecule has 1 aliphatic rings. The Hall–Kier alpha value is -0.120. The molecule has 1 aliphatic carbocycles. The van der Waals surface area contributed by atoms with Gasteiger partial charge in [-0.1, -0.05) is 6.42 Å². The molecule has 1 N–H and O–H groups in total. The van der Waals surface area contributed by atoms with Crippen LogP contribution in [0.15, 0.2) is 0 Å². The second-order valence-electron chi connectivity index (χ2n) is 3.41. The maximum absolute atomic E-state index is 8.95. The van der Waals surface area contributed by atoms with Crippen molar-refractivity contribution in [1.82, 2.24) is 0 Å². The quantitative estimate of drug-likeness (QED) is 0.650. The van der Waals surface area contributed by atoms with Crippen molar-refractivity contribution in [3.05, 3.63) is 0 Å². The molecule has 0 aromatic rings. The van der Waals surface area contributed by atoms with E-state index in [2.05, 4.69) is 0 Å². The van der Waals surface area contributed by atoms with Crippen molar-refractivity contribution >= 4 is 0 Å². The fourth-order valence-corrected chi connectivity index (χ4v) is 1.72. The van der Waals surface area contributed by atoms with Crippen LogP contribution in [-0.2, 0) is 9.47 Å². The molecule has 2 unspecified atom stereocenters. The summed E-state index contributed by atoms with van der Waals surface area (Å²) >= 11 is 0. The Balaban J connectivity index is 2.16. The Morgan fingerprint density at radius 2 is 2.25 bits per heavy atom. The monoisotopic (exact) mass is 174 g/mol. The smallest absolute Gasteiger partial charge is 0.146 e. The number of hydrogen-bond acceptors (Lipinski definition) is 3. The second-order valence-corrected chi connectivity index (χ2v) is 3.41. The normalized spacial score (nSPS) is 30.5. The van der Waals surface area contributed by atoms with E-state index in [0.29, 0.717) is 25.4 Å². The number of aliphatic hydroxyl groups is 1. The molecule has 0 aromatic heterocycles. The summed E-state index contributed by atoms with van der Waals surface area (Å²) in [6.07, 6.45) is 4.71. The topological polar surface area (TPSA) is 38.7 Å². The van der Waals surface area contributed by atoms with Gasteiger partial charge in [0, 0.05) is 13.7 Å². The van der Waals surface area contributed by atoms with E-state index < -0.39 is 0 Å². The molecule has 1 rings (SSSR count). The Morgan fingerprint density at radius 1 is 1.42 bits per heavy atom. The highest BCUT2D eigenvalue weighted by Crippen LogP contribution is 2.25. The molecule has 0 radical (unpaired) electrons. The molecule has 0 aliphatic heterocycles. The van der Waals surface area contributed by atoms with Gasteiger partial charge in [0.15, 0.2) is 0 Å². The molecule has 12 heavy (non-hydrogen) atoms. The van der Waals surface area contributed by atoms with Gasteiger partial charge in [-0.15, -0.1) is 0 Å². The van der Waals surface area contributed by atoms with Gasteiger partial charge in [0.25, 0.3) is 0 Å². The summed E-state index contributed by atoms with van der Waals surface area (Å²) in [7, 11) is 1.63. The van der Waals surface area contributed by atoms with Crippen LogP contribution in [0.5, 0.6) is 0 Å². The number of rotatable bonds is 4. The van der Waals surface area contributed by atoms with Crippen molar-refractivity contribution in [2.75, 3.05) is 20.5 Å². The first-order valence-corrected chi connectivity index (χ1v) is 4.58. The van der Waals surface area contributed by atoms with Crippen LogP contribution in [0.1, 0.15) is 25.7 Å². The summed E-state index contributed by atoms with van der Waals surface area (Å²) in [5.41, 5.74) is 0. The van der Waals surface area contributed by atoms with E-state index in [4.69, 9.17) is 14.6 Å². The van der Waals surface area contributed by atoms with Gasteiger partial charge in [-0.05, 0) is 25.2 Å². The molecular weight excluding hydrogens is 156 g/mol. The summed E-state index contributed by atoms with van der Waals surface area (Å²) < 4.78 is 10.3. The van der Waals surface area contributed by atoms with Gasteiger partial charge >= 0.3 is 0 Å². The van der Waals surface area contributed by atoms with Gasteiger partial charge in [0.05, 0.1) is 6.10 Å². The van der Waals surface area contributed by atoms with E-state index in [1.54, 1.807) is 7.11 Å².